The fourth-order valence-electron chi connectivity index (χ4n) is 5.63. The molecule has 4 N–H and O–H groups in total. The summed E-state index contributed by atoms with van der Waals surface area (Å²) in [4.78, 5) is 25.9. The third-order valence-electron chi connectivity index (χ3n) is 7.68. The second-order valence-corrected chi connectivity index (χ2v) is 12.0. The lowest BCUT2D eigenvalue weighted by Crippen LogP contribution is -2.45. The van der Waals surface area contributed by atoms with Crippen LogP contribution >= 0.6 is 0 Å². The Labute approximate surface area is 236 Å². The summed E-state index contributed by atoms with van der Waals surface area (Å²) in [6, 6.07) is 22.8. The summed E-state index contributed by atoms with van der Waals surface area (Å²) >= 11 is 0. The normalized spacial score (nSPS) is 18.4. The van der Waals surface area contributed by atoms with Gasteiger partial charge in [0.25, 0.3) is 5.91 Å². The monoisotopic (exact) mass is 540 g/mol. The smallest absolute Gasteiger partial charge is 0.407 e. The van der Waals surface area contributed by atoms with Gasteiger partial charge in [-0.05, 0) is 87.4 Å². The van der Waals surface area contributed by atoms with E-state index in [4.69, 9.17) is 10.5 Å². The molecule has 1 aliphatic rings. The number of hydrogen-bond acceptors (Lipinski definition) is 4. The highest BCUT2D eigenvalue weighted by molar-refractivity contribution is 5.99. The van der Waals surface area contributed by atoms with Crippen molar-refractivity contribution in [3.8, 4) is 0 Å². The number of fused-ring (bicyclic) bond motifs is 2. The minimum atomic E-state index is -0.525. The van der Waals surface area contributed by atoms with Crippen LogP contribution in [-0.4, -0.2) is 34.3 Å². The van der Waals surface area contributed by atoms with E-state index in [0.29, 0.717) is 12.2 Å². The van der Waals surface area contributed by atoms with Crippen molar-refractivity contribution in [3.05, 3.63) is 83.6 Å². The highest BCUT2D eigenvalue weighted by Gasteiger charge is 2.27. The van der Waals surface area contributed by atoms with Gasteiger partial charge >= 0.3 is 6.09 Å². The Morgan fingerprint density at radius 1 is 0.925 bits per heavy atom. The third kappa shape index (κ3) is 6.31. The molecule has 0 bridgehead atoms. The Kier molecular flexibility index (Phi) is 7.86. The van der Waals surface area contributed by atoms with Crippen molar-refractivity contribution in [1.29, 1.82) is 0 Å². The first-order valence-electron chi connectivity index (χ1n) is 14.2. The zero-order valence-corrected chi connectivity index (χ0v) is 23.9. The van der Waals surface area contributed by atoms with Crippen LogP contribution in [0.2, 0.25) is 0 Å². The maximum atomic E-state index is 13.7. The van der Waals surface area contributed by atoms with Crippen molar-refractivity contribution < 1.29 is 14.3 Å². The number of alkyl carbamates (subject to hydrolysis) is 1. The molecule has 7 nitrogen and oxygen atoms in total. The summed E-state index contributed by atoms with van der Waals surface area (Å²) in [7, 11) is 0. The van der Waals surface area contributed by atoms with Crippen LogP contribution in [0.25, 0.3) is 21.7 Å². The molecular formula is C33H40N4O3. The number of aromatic nitrogens is 1. The maximum absolute atomic E-state index is 13.7. The molecule has 0 spiro atoms. The number of nitrogens with one attached hydrogen (secondary N) is 2. The molecule has 1 unspecified atom stereocenters. The standard InChI is InChI=1S/C33H40N4O3/c1-21(34)23-12-13-24-19-30(31(38)35-26-14-16-27(17-15-26)36-32(39)40-33(2,3)4)37(29(24)18-23)20-25-10-7-9-22-8-5-6-11-28(22)25/h5-13,18-19,21,26-27H,14-17,20,34H2,1-4H3,(H,35,38)(H,36,39). The molecule has 1 saturated carbocycles. The Bertz CT molecular complexity index is 1520. The van der Waals surface area contributed by atoms with Gasteiger partial charge in [-0.25, -0.2) is 4.79 Å². The molecule has 7 heteroatoms. The lowest BCUT2D eigenvalue weighted by Gasteiger charge is -2.30. The summed E-state index contributed by atoms with van der Waals surface area (Å²) in [5, 5.41) is 9.62. The quantitative estimate of drug-likeness (QED) is 0.263. The Morgan fingerprint density at radius 3 is 2.30 bits per heavy atom. The van der Waals surface area contributed by atoms with Crippen LogP contribution in [-0.2, 0) is 11.3 Å². The van der Waals surface area contributed by atoms with Gasteiger partial charge in [0.05, 0.1) is 0 Å². The number of nitrogens with two attached hydrogens (primary N) is 1. The largest absolute Gasteiger partial charge is 0.444 e. The number of carbonyl (C=O) groups excluding carboxylic acids is 2. The number of carbonyl (C=O) groups is 2. The number of benzene rings is 3. The number of ether oxygens (including phenoxy) is 1. The van der Waals surface area contributed by atoms with Gasteiger partial charge in [0.1, 0.15) is 11.3 Å². The molecule has 210 valence electrons. The van der Waals surface area contributed by atoms with E-state index in [0.717, 1.165) is 47.7 Å². The van der Waals surface area contributed by atoms with E-state index in [2.05, 4.69) is 63.7 Å². The van der Waals surface area contributed by atoms with E-state index >= 15 is 0 Å². The number of hydrogen-bond donors (Lipinski definition) is 3. The molecular weight excluding hydrogens is 500 g/mol. The van der Waals surface area contributed by atoms with Crippen molar-refractivity contribution in [2.45, 2.75) is 83.6 Å². The van der Waals surface area contributed by atoms with Crippen molar-refractivity contribution >= 4 is 33.7 Å². The summed E-state index contributed by atoms with van der Waals surface area (Å²) in [6.07, 6.45) is 2.79. The molecule has 4 aromatic rings. The predicted octanol–water partition coefficient (Wildman–Crippen LogP) is 6.43. The van der Waals surface area contributed by atoms with Crippen LogP contribution in [0.4, 0.5) is 4.79 Å². The molecule has 2 amide bonds. The van der Waals surface area contributed by atoms with Crippen LogP contribution in [0.5, 0.6) is 0 Å². The van der Waals surface area contributed by atoms with Gasteiger partial charge in [-0.3, -0.25) is 4.79 Å². The van der Waals surface area contributed by atoms with Crippen LogP contribution in [0.15, 0.2) is 66.7 Å². The minimum absolute atomic E-state index is 0.0489. The molecule has 0 radical (unpaired) electrons. The van der Waals surface area contributed by atoms with Gasteiger partial charge < -0.3 is 25.7 Å². The first-order chi connectivity index (χ1) is 19.1. The SMILES string of the molecule is CC(N)c1ccc2cc(C(=O)NC3CCC(NC(=O)OC(C)(C)C)CC3)n(Cc3cccc4ccccc34)c2c1. The summed E-state index contributed by atoms with van der Waals surface area (Å²) in [6.45, 7) is 8.12. The summed E-state index contributed by atoms with van der Waals surface area (Å²) in [5.74, 6) is -0.0812. The van der Waals surface area contributed by atoms with Gasteiger partial charge in [-0.2, -0.15) is 0 Å². The first kappa shape index (κ1) is 27.7. The summed E-state index contributed by atoms with van der Waals surface area (Å²) < 4.78 is 7.52. The van der Waals surface area contributed by atoms with Gasteiger partial charge in [0, 0.05) is 35.6 Å². The fraction of sp³-hybridized carbons (Fsp3) is 0.394. The Morgan fingerprint density at radius 2 is 1.60 bits per heavy atom. The predicted molar refractivity (Wildman–Crippen MR) is 160 cm³/mol. The van der Waals surface area contributed by atoms with Crippen molar-refractivity contribution in [2.24, 2.45) is 5.73 Å². The van der Waals surface area contributed by atoms with E-state index in [9.17, 15) is 9.59 Å². The average molecular weight is 541 g/mol. The number of rotatable bonds is 6. The van der Waals surface area contributed by atoms with E-state index in [1.165, 1.54) is 10.8 Å². The van der Waals surface area contributed by atoms with Gasteiger partial charge in [0.15, 0.2) is 0 Å². The third-order valence-corrected chi connectivity index (χ3v) is 7.68. The second kappa shape index (κ2) is 11.3. The molecule has 0 saturated heterocycles. The van der Waals surface area contributed by atoms with Gasteiger partial charge in [0.2, 0.25) is 0 Å². The molecule has 1 fully saturated rings. The fourth-order valence-corrected chi connectivity index (χ4v) is 5.63. The van der Waals surface area contributed by atoms with Crippen molar-refractivity contribution in [3.63, 3.8) is 0 Å². The Hall–Kier alpha value is -3.84. The Balaban J connectivity index is 1.36. The molecule has 40 heavy (non-hydrogen) atoms. The lowest BCUT2D eigenvalue weighted by atomic mass is 9.91. The minimum Gasteiger partial charge on any atom is -0.444 e. The zero-order chi connectivity index (χ0) is 28.4. The van der Waals surface area contributed by atoms with Crippen molar-refractivity contribution in [1.82, 2.24) is 15.2 Å². The summed E-state index contributed by atoms with van der Waals surface area (Å²) in [5.41, 5.74) is 9.52. The topological polar surface area (TPSA) is 98.4 Å². The number of amides is 2. The second-order valence-electron chi connectivity index (χ2n) is 12.0. The highest BCUT2D eigenvalue weighted by Crippen LogP contribution is 2.28. The highest BCUT2D eigenvalue weighted by atomic mass is 16.6. The van der Waals surface area contributed by atoms with Crippen LogP contribution in [0.3, 0.4) is 0 Å². The van der Waals surface area contributed by atoms with Crippen LogP contribution in [0, 0.1) is 0 Å². The molecule has 1 atom stereocenters. The molecule has 1 aliphatic carbocycles. The van der Waals surface area contributed by atoms with Gasteiger partial charge in [-0.15, -0.1) is 0 Å². The zero-order valence-electron chi connectivity index (χ0n) is 23.9. The van der Waals surface area contributed by atoms with Gasteiger partial charge in [-0.1, -0.05) is 54.6 Å². The molecule has 1 heterocycles. The van der Waals surface area contributed by atoms with E-state index < -0.39 is 5.60 Å². The first-order valence-corrected chi connectivity index (χ1v) is 14.2. The number of nitrogens with zero attached hydrogens (tertiary/aromatic N) is 1. The van der Waals surface area contributed by atoms with E-state index in [1.54, 1.807) is 0 Å². The maximum Gasteiger partial charge on any atom is 0.407 e. The average Bonchev–Trinajstić information content (AvgIpc) is 3.26. The lowest BCUT2D eigenvalue weighted by molar-refractivity contribution is 0.0488. The van der Waals surface area contributed by atoms with Crippen molar-refractivity contribution in [2.75, 3.05) is 0 Å². The molecule has 5 rings (SSSR count). The van der Waals surface area contributed by atoms with E-state index in [-0.39, 0.29) is 30.1 Å². The molecule has 3 aromatic carbocycles. The molecule has 0 aliphatic heterocycles. The van der Waals surface area contributed by atoms with E-state index in [1.807, 2.05) is 45.9 Å². The van der Waals surface area contributed by atoms with Crippen LogP contribution < -0.4 is 16.4 Å². The van der Waals surface area contributed by atoms with Crippen LogP contribution in [0.1, 0.15) is 81.0 Å². The molecule has 1 aromatic heterocycles.